The summed E-state index contributed by atoms with van der Waals surface area (Å²) in [6, 6.07) is 38.4. The van der Waals surface area contributed by atoms with Gasteiger partial charge in [-0.1, -0.05) is 103 Å². The van der Waals surface area contributed by atoms with Gasteiger partial charge in [0, 0.05) is 10.6 Å². The largest absolute Gasteiger partial charge is 0.308 e. The van der Waals surface area contributed by atoms with Crippen molar-refractivity contribution >= 4 is 66.1 Å². The number of fused-ring (bicyclic) bond motifs is 6. The lowest BCUT2D eigenvalue weighted by Gasteiger charge is -2.25. The van der Waals surface area contributed by atoms with Crippen LogP contribution in [0.15, 0.2) is 127 Å². The van der Waals surface area contributed by atoms with Crippen LogP contribution >= 0.6 is 7.14 Å². The summed E-state index contributed by atoms with van der Waals surface area (Å²) >= 11 is 0. The molecule has 0 radical (unpaired) electrons. The molecule has 0 atom stereocenters. The maximum absolute atomic E-state index is 15.9. The van der Waals surface area contributed by atoms with E-state index in [1.165, 1.54) is 18.2 Å². The van der Waals surface area contributed by atoms with Crippen molar-refractivity contribution < 1.29 is 13.3 Å². The van der Waals surface area contributed by atoms with Crippen LogP contribution in [-0.2, 0) is 4.57 Å². The van der Waals surface area contributed by atoms with Crippen LogP contribution in [0.4, 0.5) is 8.78 Å². The molecule has 0 bridgehead atoms. The SMILES string of the molecule is O=P(c1c(F)cccc1F)(c1cc2ccccc2c2ccccc12)c1cc2ccccc2c2ccccc12. The molecule has 0 saturated carbocycles. The quantitative estimate of drug-likeness (QED) is 0.172. The van der Waals surface area contributed by atoms with Crippen LogP contribution < -0.4 is 15.9 Å². The molecule has 0 unspecified atom stereocenters. The first-order valence-electron chi connectivity index (χ1n) is 12.4. The third-order valence-electron chi connectivity index (χ3n) is 7.42. The topological polar surface area (TPSA) is 17.1 Å². The predicted molar refractivity (Wildman–Crippen MR) is 156 cm³/mol. The lowest BCUT2D eigenvalue weighted by Crippen LogP contribution is -2.30. The summed E-state index contributed by atoms with van der Waals surface area (Å²) in [5.74, 6) is -1.63. The van der Waals surface area contributed by atoms with E-state index in [9.17, 15) is 0 Å². The molecule has 0 amide bonds. The number of benzene rings is 7. The van der Waals surface area contributed by atoms with Gasteiger partial charge in [0.1, 0.15) is 11.6 Å². The van der Waals surface area contributed by atoms with Crippen LogP contribution in [0.2, 0.25) is 0 Å². The molecule has 0 saturated heterocycles. The van der Waals surface area contributed by atoms with Crippen molar-refractivity contribution in [2.45, 2.75) is 0 Å². The molecule has 0 aromatic heterocycles. The lowest BCUT2D eigenvalue weighted by atomic mass is 10.0. The second-order valence-corrected chi connectivity index (χ2v) is 12.1. The van der Waals surface area contributed by atoms with Crippen molar-refractivity contribution in [3.63, 3.8) is 0 Å². The van der Waals surface area contributed by atoms with Gasteiger partial charge in [0.2, 0.25) is 0 Å². The van der Waals surface area contributed by atoms with Crippen molar-refractivity contribution in [3.05, 3.63) is 139 Å². The highest BCUT2D eigenvalue weighted by Crippen LogP contribution is 2.49. The molecule has 0 spiro atoms. The summed E-state index contributed by atoms with van der Waals surface area (Å²) in [7, 11) is -4.10. The maximum Gasteiger partial charge on any atom is 0.178 e. The molecule has 7 aromatic carbocycles. The van der Waals surface area contributed by atoms with Gasteiger partial charge in [0.15, 0.2) is 7.14 Å². The van der Waals surface area contributed by atoms with E-state index in [0.717, 1.165) is 43.1 Å². The minimum absolute atomic E-state index is 0.388. The first-order valence-corrected chi connectivity index (χ1v) is 14.1. The monoisotopic (exact) mass is 514 g/mol. The average molecular weight is 515 g/mol. The Morgan fingerprint density at radius 2 is 0.789 bits per heavy atom. The lowest BCUT2D eigenvalue weighted by molar-refractivity contribution is 0.577. The molecule has 0 N–H and O–H groups in total. The molecular weight excluding hydrogens is 493 g/mol. The van der Waals surface area contributed by atoms with Gasteiger partial charge in [-0.2, -0.15) is 0 Å². The zero-order valence-corrected chi connectivity index (χ0v) is 21.1. The first-order chi connectivity index (χ1) is 18.6. The minimum atomic E-state index is -4.10. The van der Waals surface area contributed by atoms with Gasteiger partial charge < -0.3 is 4.57 Å². The molecule has 182 valence electrons. The van der Waals surface area contributed by atoms with Gasteiger partial charge in [-0.15, -0.1) is 0 Å². The molecule has 0 fully saturated rings. The molecule has 0 aliphatic carbocycles. The zero-order valence-electron chi connectivity index (χ0n) is 20.2. The summed E-state index contributed by atoms with van der Waals surface area (Å²) < 4.78 is 47.4. The van der Waals surface area contributed by atoms with Crippen molar-refractivity contribution in [1.29, 1.82) is 0 Å². The fourth-order valence-corrected chi connectivity index (χ4v) is 8.95. The third-order valence-corrected chi connectivity index (χ3v) is 10.6. The Bertz CT molecular complexity index is 1950. The molecule has 4 heteroatoms. The molecular formula is C34H21F2OP. The van der Waals surface area contributed by atoms with E-state index < -0.39 is 18.8 Å². The summed E-state index contributed by atoms with van der Waals surface area (Å²) in [5, 5.41) is 7.40. The first kappa shape index (κ1) is 22.8. The number of halogens is 2. The Hall–Kier alpha value is -4.33. The van der Waals surface area contributed by atoms with Gasteiger partial charge in [0.25, 0.3) is 0 Å². The normalized spacial score (nSPS) is 12.1. The molecule has 1 nitrogen and oxygen atoms in total. The van der Waals surface area contributed by atoms with Gasteiger partial charge >= 0.3 is 0 Å². The number of hydrogen-bond donors (Lipinski definition) is 0. The van der Waals surface area contributed by atoms with E-state index in [0.29, 0.717) is 10.6 Å². The van der Waals surface area contributed by atoms with Crippen molar-refractivity contribution in [2.24, 2.45) is 0 Å². The van der Waals surface area contributed by atoms with E-state index in [1.807, 2.05) is 109 Å². The minimum Gasteiger partial charge on any atom is -0.308 e. The fraction of sp³-hybridized carbons (Fsp3) is 0. The Kier molecular flexibility index (Phi) is 5.18. The second-order valence-electron chi connectivity index (χ2n) is 9.50. The van der Waals surface area contributed by atoms with Crippen LogP contribution in [0, 0.1) is 11.6 Å². The highest BCUT2D eigenvalue weighted by atomic mass is 31.2. The highest BCUT2D eigenvalue weighted by molar-refractivity contribution is 7.86. The van der Waals surface area contributed by atoms with Gasteiger partial charge in [-0.3, -0.25) is 0 Å². The van der Waals surface area contributed by atoms with E-state index in [2.05, 4.69) is 0 Å². The van der Waals surface area contributed by atoms with Crippen molar-refractivity contribution in [1.82, 2.24) is 0 Å². The van der Waals surface area contributed by atoms with Crippen molar-refractivity contribution in [3.8, 4) is 0 Å². The zero-order chi connectivity index (χ0) is 25.9. The summed E-state index contributed by atoms with van der Waals surface area (Å²) in [6.45, 7) is 0. The van der Waals surface area contributed by atoms with E-state index in [1.54, 1.807) is 0 Å². The molecule has 0 heterocycles. The Morgan fingerprint density at radius 1 is 0.421 bits per heavy atom. The average Bonchev–Trinajstić information content (AvgIpc) is 2.96. The van der Waals surface area contributed by atoms with Crippen molar-refractivity contribution in [2.75, 3.05) is 0 Å². The van der Waals surface area contributed by atoms with Crippen LogP contribution in [0.25, 0.3) is 43.1 Å². The summed E-state index contributed by atoms with van der Waals surface area (Å²) in [4.78, 5) is 0. The smallest absolute Gasteiger partial charge is 0.178 e. The fourth-order valence-electron chi connectivity index (χ4n) is 5.75. The maximum atomic E-state index is 15.9. The van der Waals surface area contributed by atoms with E-state index in [-0.39, 0.29) is 5.30 Å². The Balaban J connectivity index is 1.74. The van der Waals surface area contributed by atoms with E-state index >= 15 is 13.3 Å². The van der Waals surface area contributed by atoms with Gasteiger partial charge in [-0.05, 0) is 67.4 Å². The second kappa shape index (κ2) is 8.62. The van der Waals surface area contributed by atoms with Gasteiger partial charge in [0.05, 0.1) is 5.30 Å². The van der Waals surface area contributed by atoms with Gasteiger partial charge in [-0.25, -0.2) is 8.78 Å². The van der Waals surface area contributed by atoms with Crippen LogP contribution in [0.5, 0.6) is 0 Å². The van der Waals surface area contributed by atoms with Crippen LogP contribution in [0.3, 0.4) is 0 Å². The number of rotatable bonds is 3. The Morgan fingerprint density at radius 3 is 1.24 bits per heavy atom. The molecule has 7 rings (SSSR count). The summed E-state index contributed by atoms with van der Waals surface area (Å²) in [6.07, 6.45) is 0. The van der Waals surface area contributed by atoms with Crippen LogP contribution in [-0.4, -0.2) is 0 Å². The number of hydrogen-bond acceptors (Lipinski definition) is 1. The third kappa shape index (κ3) is 3.25. The highest BCUT2D eigenvalue weighted by Gasteiger charge is 2.38. The predicted octanol–water partition coefficient (Wildman–Crippen LogP) is 8.22. The van der Waals surface area contributed by atoms with Crippen LogP contribution in [0.1, 0.15) is 0 Å². The summed E-state index contributed by atoms with van der Waals surface area (Å²) in [5.41, 5.74) is 0. The molecule has 38 heavy (non-hydrogen) atoms. The Labute approximate surface area is 218 Å². The molecule has 0 aliphatic rings. The van der Waals surface area contributed by atoms with E-state index in [4.69, 9.17) is 0 Å². The standard InChI is InChI=1S/C34H21F2OP/c35-30-18-9-19-31(36)34(30)38(37,32-20-22-10-1-3-12-24(22)26-14-5-7-16-28(26)32)33-21-23-11-2-4-13-25(23)27-15-6-8-17-29(27)33/h1-21H. The molecule has 0 aliphatic heterocycles. The molecule has 7 aromatic rings.